The SMILES string of the molecule is CCC(C)Oc1cc(CNC(=O)N(C)CCC(=O)O)ccn1. The van der Waals surface area contributed by atoms with E-state index in [1.165, 1.54) is 4.90 Å². The molecule has 0 radical (unpaired) electrons. The normalized spacial score (nSPS) is 11.6. The van der Waals surface area contributed by atoms with Gasteiger partial charge in [-0.25, -0.2) is 9.78 Å². The predicted molar refractivity (Wildman–Crippen MR) is 81.7 cm³/mol. The minimum Gasteiger partial charge on any atom is -0.481 e. The third-order valence-corrected chi connectivity index (χ3v) is 3.15. The molecule has 0 aliphatic rings. The molecule has 0 saturated heterocycles. The van der Waals surface area contributed by atoms with Crippen molar-refractivity contribution in [1.82, 2.24) is 15.2 Å². The number of nitrogens with one attached hydrogen (secondary N) is 1. The Morgan fingerprint density at radius 1 is 1.50 bits per heavy atom. The molecule has 7 nitrogen and oxygen atoms in total. The van der Waals surface area contributed by atoms with Crippen LogP contribution in [0.5, 0.6) is 5.88 Å². The summed E-state index contributed by atoms with van der Waals surface area (Å²) in [4.78, 5) is 27.8. The van der Waals surface area contributed by atoms with Crippen molar-refractivity contribution >= 4 is 12.0 Å². The highest BCUT2D eigenvalue weighted by molar-refractivity contribution is 5.75. The van der Waals surface area contributed by atoms with Gasteiger partial charge in [0.05, 0.1) is 12.5 Å². The zero-order valence-electron chi connectivity index (χ0n) is 13.2. The number of carbonyl (C=O) groups excluding carboxylic acids is 1. The summed E-state index contributed by atoms with van der Waals surface area (Å²) in [6.07, 6.45) is 2.52. The average Bonchev–Trinajstić information content (AvgIpc) is 2.50. The van der Waals surface area contributed by atoms with E-state index < -0.39 is 5.97 Å². The number of amides is 2. The van der Waals surface area contributed by atoms with Crippen molar-refractivity contribution in [2.75, 3.05) is 13.6 Å². The Labute approximate surface area is 130 Å². The molecule has 1 rings (SSSR count). The Morgan fingerprint density at radius 2 is 2.23 bits per heavy atom. The molecule has 0 fully saturated rings. The lowest BCUT2D eigenvalue weighted by molar-refractivity contribution is -0.137. The number of hydrogen-bond acceptors (Lipinski definition) is 4. The smallest absolute Gasteiger partial charge is 0.317 e. The van der Waals surface area contributed by atoms with Gasteiger partial charge in [-0.1, -0.05) is 6.92 Å². The van der Waals surface area contributed by atoms with Gasteiger partial charge in [0, 0.05) is 32.4 Å². The highest BCUT2D eigenvalue weighted by Gasteiger charge is 2.10. The molecule has 7 heteroatoms. The number of rotatable bonds is 8. The Kier molecular flexibility index (Phi) is 7.15. The zero-order valence-corrected chi connectivity index (χ0v) is 13.2. The molecule has 0 aromatic carbocycles. The Morgan fingerprint density at radius 3 is 2.86 bits per heavy atom. The molecule has 1 aromatic rings. The van der Waals surface area contributed by atoms with Crippen molar-refractivity contribution in [3.8, 4) is 5.88 Å². The first kappa shape index (κ1) is 17.7. The Bertz CT molecular complexity index is 507. The maximum absolute atomic E-state index is 11.8. The fraction of sp³-hybridized carbons (Fsp3) is 0.533. The number of urea groups is 1. The van der Waals surface area contributed by atoms with Gasteiger partial charge in [0.1, 0.15) is 0 Å². The molecule has 0 saturated carbocycles. The minimum absolute atomic E-state index is 0.0773. The summed E-state index contributed by atoms with van der Waals surface area (Å²) >= 11 is 0. The number of carbonyl (C=O) groups is 2. The Balaban J connectivity index is 2.48. The number of ether oxygens (including phenoxy) is 1. The summed E-state index contributed by atoms with van der Waals surface area (Å²) in [7, 11) is 1.56. The third kappa shape index (κ3) is 6.43. The summed E-state index contributed by atoms with van der Waals surface area (Å²) in [5, 5.41) is 11.3. The number of aliphatic carboxylic acids is 1. The number of aromatic nitrogens is 1. The van der Waals surface area contributed by atoms with Crippen molar-refractivity contribution in [2.24, 2.45) is 0 Å². The maximum atomic E-state index is 11.8. The minimum atomic E-state index is -0.930. The van der Waals surface area contributed by atoms with Crippen LogP contribution in [-0.4, -0.2) is 46.7 Å². The van der Waals surface area contributed by atoms with E-state index in [0.717, 1.165) is 12.0 Å². The van der Waals surface area contributed by atoms with E-state index >= 15 is 0 Å². The molecule has 122 valence electrons. The van der Waals surface area contributed by atoms with E-state index in [-0.39, 0.29) is 25.1 Å². The van der Waals surface area contributed by atoms with Gasteiger partial charge in [-0.15, -0.1) is 0 Å². The molecule has 0 bridgehead atoms. The molecule has 2 amide bonds. The van der Waals surface area contributed by atoms with Crippen LogP contribution in [0.4, 0.5) is 4.79 Å². The average molecular weight is 309 g/mol. The van der Waals surface area contributed by atoms with Crippen LogP contribution in [0.3, 0.4) is 0 Å². The molecule has 1 heterocycles. The zero-order chi connectivity index (χ0) is 16.5. The molecule has 1 aromatic heterocycles. The summed E-state index contributed by atoms with van der Waals surface area (Å²) in [5.41, 5.74) is 0.869. The van der Waals surface area contributed by atoms with Crippen molar-refractivity contribution in [3.63, 3.8) is 0 Å². The molecular weight excluding hydrogens is 286 g/mol. The lowest BCUT2D eigenvalue weighted by Gasteiger charge is -2.17. The number of carboxylic acid groups (broad SMARTS) is 1. The van der Waals surface area contributed by atoms with Gasteiger partial charge < -0.3 is 20.1 Å². The Hall–Kier alpha value is -2.31. The van der Waals surface area contributed by atoms with Crippen molar-refractivity contribution < 1.29 is 19.4 Å². The highest BCUT2D eigenvalue weighted by Crippen LogP contribution is 2.12. The molecule has 22 heavy (non-hydrogen) atoms. The van der Waals surface area contributed by atoms with Crippen LogP contribution < -0.4 is 10.1 Å². The number of nitrogens with zero attached hydrogens (tertiary/aromatic N) is 2. The number of pyridine rings is 1. The number of carboxylic acids is 1. The topological polar surface area (TPSA) is 91.8 Å². The lowest BCUT2D eigenvalue weighted by atomic mass is 10.2. The van der Waals surface area contributed by atoms with Gasteiger partial charge in [-0.2, -0.15) is 0 Å². The summed E-state index contributed by atoms with van der Waals surface area (Å²) in [6, 6.07) is 3.26. The van der Waals surface area contributed by atoms with Crippen LogP contribution in [0.2, 0.25) is 0 Å². The number of hydrogen-bond donors (Lipinski definition) is 2. The molecule has 0 spiro atoms. The van der Waals surface area contributed by atoms with Gasteiger partial charge in [0.15, 0.2) is 0 Å². The second kappa shape index (κ2) is 8.86. The summed E-state index contributed by atoms with van der Waals surface area (Å²) in [6.45, 7) is 4.49. The fourth-order valence-corrected chi connectivity index (χ4v) is 1.59. The first-order chi connectivity index (χ1) is 10.4. The lowest BCUT2D eigenvalue weighted by Crippen LogP contribution is -2.38. The van der Waals surface area contributed by atoms with Gasteiger partial charge in [0.2, 0.25) is 5.88 Å². The largest absolute Gasteiger partial charge is 0.481 e. The fourth-order valence-electron chi connectivity index (χ4n) is 1.59. The predicted octanol–water partition coefficient (Wildman–Crippen LogP) is 1.88. The van der Waals surface area contributed by atoms with Crippen LogP contribution in [-0.2, 0) is 11.3 Å². The van der Waals surface area contributed by atoms with Crippen LogP contribution in [0, 0.1) is 0 Å². The van der Waals surface area contributed by atoms with Gasteiger partial charge in [0.25, 0.3) is 0 Å². The van der Waals surface area contributed by atoms with E-state index in [1.54, 1.807) is 25.4 Å². The molecular formula is C15H23N3O4. The third-order valence-electron chi connectivity index (χ3n) is 3.15. The highest BCUT2D eigenvalue weighted by atomic mass is 16.5. The van der Waals surface area contributed by atoms with Crippen molar-refractivity contribution in [2.45, 2.75) is 39.3 Å². The molecule has 0 aliphatic heterocycles. The van der Waals surface area contributed by atoms with Crippen molar-refractivity contribution in [1.29, 1.82) is 0 Å². The quantitative estimate of drug-likeness (QED) is 0.765. The maximum Gasteiger partial charge on any atom is 0.317 e. The van der Waals surface area contributed by atoms with Crippen molar-refractivity contribution in [3.05, 3.63) is 23.9 Å². The van der Waals surface area contributed by atoms with Gasteiger partial charge in [-0.3, -0.25) is 4.79 Å². The molecule has 1 unspecified atom stereocenters. The van der Waals surface area contributed by atoms with Crippen LogP contribution in [0.1, 0.15) is 32.3 Å². The standard InChI is InChI=1S/C15H23N3O4/c1-4-11(2)22-13-9-12(5-7-16-13)10-17-15(21)18(3)8-6-14(19)20/h5,7,9,11H,4,6,8,10H2,1-3H3,(H,17,21)(H,19,20). The van der Waals surface area contributed by atoms with Gasteiger partial charge in [-0.05, 0) is 25.0 Å². The molecule has 1 atom stereocenters. The summed E-state index contributed by atoms with van der Waals surface area (Å²) in [5.74, 6) is -0.402. The second-order valence-corrected chi connectivity index (χ2v) is 5.06. The van der Waals surface area contributed by atoms with E-state index in [4.69, 9.17) is 9.84 Å². The van der Waals surface area contributed by atoms with E-state index in [0.29, 0.717) is 12.4 Å². The van der Waals surface area contributed by atoms with E-state index in [2.05, 4.69) is 10.3 Å². The monoisotopic (exact) mass is 309 g/mol. The summed E-state index contributed by atoms with van der Waals surface area (Å²) < 4.78 is 5.62. The molecule has 0 aliphatic carbocycles. The van der Waals surface area contributed by atoms with E-state index in [1.807, 2.05) is 13.8 Å². The van der Waals surface area contributed by atoms with Crippen LogP contribution in [0.25, 0.3) is 0 Å². The van der Waals surface area contributed by atoms with Crippen LogP contribution >= 0.6 is 0 Å². The molecule has 2 N–H and O–H groups in total. The van der Waals surface area contributed by atoms with Gasteiger partial charge >= 0.3 is 12.0 Å². The van der Waals surface area contributed by atoms with E-state index in [9.17, 15) is 9.59 Å². The van der Waals surface area contributed by atoms with Crippen LogP contribution in [0.15, 0.2) is 18.3 Å². The first-order valence-corrected chi connectivity index (χ1v) is 7.24. The second-order valence-electron chi connectivity index (χ2n) is 5.06. The first-order valence-electron chi connectivity index (χ1n) is 7.24.